The van der Waals surface area contributed by atoms with E-state index in [9.17, 15) is 0 Å². The summed E-state index contributed by atoms with van der Waals surface area (Å²) in [6.07, 6.45) is 12.0. The summed E-state index contributed by atoms with van der Waals surface area (Å²) in [5.41, 5.74) is 1.16. The van der Waals surface area contributed by atoms with Crippen LogP contribution < -0.4 is 5.32 Å². The molecule has 1 unspecified atom stereocenters. The van der Waals surface area contributed by atoms with Gasteiger partial charge in [-0.05, 0) is 19.5 Å². The second-order valence-electron chi connectivity index (χ2n) is 5.38. The number of unbranched alkanes of at least 4 members (excludes halogenated alkanes) is 7. The first-order valence-electron chi connectivity index (χ1n) is 7.81. The Labute approximate surface area is 138 Å². The van der Waals surface area contributed by atoms with Gasteiger partial charge in [-0.25, -0.2) is 0 Å². The second-order valence-corrected chi connectivity index (χ2v) is 7.67. The zero-order chi connectivity index (χ0) is 14.8. The molecule has 0 amide bonds. The Morgan fingerprint density at radius 2 is 1.65 bits per heavy atom. The molecule has 1 aromatic rings. The molecule has 4 heteroatoms. The van der Waals surface area contributed by atoms with E-state index < -0.39 is 0 Å². The van der Waals surface area contributed by atoms with Gasteiger partial charge >= 0.3 is 0 Å². The van der Waals surface area contributed by atoms with E-state index in [1.54, 1.807) is 0 Å². The van der Waals surface area contributed by atoms with Crippen LogP contribution in [0, 0.1) is 0 Å². The highest BCUT2D eigenvalue weighted by atomic mass is 35.5. The lowest BCUT2D eigenvalue weighted by Gasteiger charge is -2.15. The predicted octanol–water partition coefficient (Wildman–Crippen LogP) is 6.85. The van der Waals surface area contributed by atoms with Gasteiger partial charge in [0.2, 0.25) is 0 Å². The molecule has 0 fully saturated rings. The van der Waals surface area contributed by atoms with Gasteiger partial charge in [0.15, 0.2) is 0 Å². The van der Waals surface area contributed by atoms with Crippen molar-refractivity contribution >= 4 is 34.5 Å². The summed E-state index contributed by atoms with van der Waals surface area (Å²) >= 11 is 13.7. The Morgan fingerprint density at radius 1 is 1.05 bits per heavy atom. The molecular weight excluding hydrogens is 309 g/mol. The quantitative estimate of drug-likeness (QED) is 0.436. The standard InChI is InChI=1S/C16H27Cl2NS/c1-3-4-5-6-7-8-9-10-11-14(19-2)13-12-15(17)20-16(13)18/h12,14,19H,3-11H2,1-2H3. The minimum Gasteiger partial charge on any atom is -0.313 e. The van der Waals surface area contributed by atoms with Crippen molar-refractivity contribution in [3.05, 3.63) is 20.3 Å². The van der Waals surface area contributed by atoms with Gasteiger partial charge in [-0.2, -0.15) is 0 Å². The minimum absolute atomic E-state index is 0.339. The lowest BCUT2D eigenvalue weighted by molar-refractivity contribution is 0.495. The van der Waals surface area contributed by atoms with Crippen LogP contribution in [0.5, 0.6) is 0 Å². The monoisotopic (exact) mass is 335 g/mol. The summed E-state index contributed by atoms with van der Waals surface area (Å²) in [5.74, 6) is 0. The van der Waals surface area contributed by atoms with Crippen LogP contribution in [0.25, 0.3) is 0 Å². The van der Waals surface area contributed by atoms with E-state index in [-0.39, 0.29) is 0 Å². The number of hydrogen-bond acceptors (Lipinski definition) is 2. The molecule has 0 saturated heterocycles. The van der Waals surface area contributed by atoms with Gasteiger partial charge in [0.25, 0.3) is 0 Å². The van der Waals surface area contributed by atoms with E-state index >= 15 is 0 Å². The fourth-order valence-electron chi connectivity index (χ4n) is 2.53. The van der Waals surface area contributed by atoms with Gasteiger partial charge < -0.3 is 5.32 Å². The second kappa shape index (κ2) is 10.9. The number of nitrogens with one attached hydrogen (secondary N) is 1. The molecule has 116 valence electrons. The maximum atomic E-state index is 6.22. The molecule has 1 aromatic heterocycles. The average molecular weight is 336 g/mol. The van der Waals surface area contributed by atoms with Gasteiger partial charge in [-0.3, -0.25) is 0 Å². The van der Waals surface area contributed by atoms with Gasteiger partial charge in [-0.15, -0.1) is 11.3 Å². The molecule has 0 aromatic carbocycles. The molecule has 0 spiro atoms. The van der Waals surface area contributed by atoms with E-state index in [2.05, 4.69) is 12.2 Å². The molecule has 1 nitrogen and oxygen atoms in total. The lowest BCUT2D eigenvalue weighted by Crippen LogP contribution is -2.15. The predicted molar refractivity (Wildman–Crippen MR) is 93.4 cm³/mol. The van der Waals surface area contributed by atoms with Gasteiger partial charge in [0.05, 0.1) is 8.67 Å². The molecule has 1 atom stereocenters. The van der Waals surface area contributed by atoms with Gasteiger partial charge in [0, 0.05) is 11.6 Å². The summed E-state index contributed by atoms with van der Waals surface area (Å²) in [7, 11) is 2.00. The third-order valence-electron chi connectivity index (χ3n) is 3.75. The molecular formula is C16H27Cl2NS. The maximum Gasteiger partial charge on any atom is 0.0991 e. The summed E-state index contributed by atoms with van der Waals surface area (Å²) in [6, 6.07) is 2.34. The third kappa shape index (κ3) is 6.80. The van der Waals surface area contributed by atoms with Gasteiger partial charge in [-0.1, -0.05) is 81.5 Å². The normalized spacial score (nSPS) is 12.8. The molecule has 1 heterocycles. The van der Waals surface area contributed by atoms with E-state index in [0.717, 1.165) is 20.7 Å². The zero-order valence-corrected chi connectivity index (χ0v) is 15.0. The molecule has 0 bridgehead atoms. The Balaban J connectivity index is 2.17. The Hall–Kier alpha value is 0.240. The van der Waals surface area contributed by atoms with E-state index in [4.69, 9.17) is 23.2 Å². The van der Waals surface area contributed by atoms with Crippen LogP contribution in [-0.4, -0.2) is 7.05 Å². The molecule has 0 radical (unpaired) electrons. The minimum atomic E-state index is 0.339. The van der Waals surface area contributed by atoms with E-state index in [1.807, 2.05) is 13.1 Å². The first-order valence-corrected chi connectivity index (χ1v) is 9.38. The maximum absolute atomic E-state index is 6.22. The zero-order valence-electron chi connectivity index (χ0n) is 12.7. The summed E-state index contributed by atoms with van der Waals surface area (Å²) < 4.78 is 1.61. The van der Waals surface area contributed by atoms with Crippen LogP contribution in [0.3, 0.4) is 0 Å². The highest BCUT2D eigenvalue weighted by molar-refractivity contribution is 7.20. The van der Waals surface area contributed by atoms with Crippen molar-refractivity contribution in [1.82, 2.24) is 5.32 Å². The summed E-state index contributed by atoms with van der Waals surface area (Å²) in [5, 5.41) is 3.35. The molecule has 0 aliphatic rings. The van der Waals surface area contributed by atoms with E-state index in [1.165, 1.54) is 62.7 Å². The number of hydrogen-bond donors (Lipinski definition) is 1. The molecule has 20 heavy (non-hydrogen) atoms. The first kappa shape index (κ1) is 18.3. The number of halogens is 2. The Morgan fingerprint density at radius 3 is 2.15 bits per heavy atom. The molecule has 0 aliphatic carbocycles. The smallest absolute Gasteiger partial charge is 0.0991 e. The molecule has 0 saturated carbocycles. The Kier molecular flexibility index (Phi) is 9.96. The van der Waals surface area contributed by atoms with Crippen LogP contribution in [-0.2, 0) is 0 Å². The molecule has 0 aliphatic heterocycles. The highest BCUT2D eigenvalue weighted by Crippen LogP contribution is 2.36. The largest absolute Gasteiger partial charge is 0.313 e. The van der Waals surface area contributed by atoms with Crippen LogP contribution in [0.1, 0.15) is 76.3 Å². The lowest BCUT2D eigenvalue weighted by atomic mass is 10.0. The van der Waals surface area contributed by atoms with Crippen molar-refractivity contribution in [3.63, 3.8) is 0 Å². The van der Waals surface area contributed by atoms with E-state index in [0.29, 0.717) is 6.04 Å². The van der Waals surface area contributed by atoms with Crippen molar-refractivity contribution in [2.45, 2.75) is 70.8 Å². The topological polar surface area (TPSA) is 12.0 Å². The van der Waals surface area contributed by atoms with Crippen molar-refractivity contribution in [2.75, 3.05) is 7.05 Å². The Bertz CT molecular complexity index is 365. The molecule has 1 rings (SSSR count). The van der Waals surface area contributed by atoms with Gasteiger partial charge in [0.1, 0.15) is 0 Å². The van der Waals surface area contributed by atoms with Crippen LogP contribution in [0.15, 0.2) is 6.07 Å². The van der Waals surface area contributed by atoms with Crippen molar-refractivity contribution in [1.29, 1.82) is 0 Å². The first-order chi connectivity index (χ1) is 9.69. The van der Waals surface area contributed by atoms with Crippen molar-refractivity contribution in [2.24, 2.45) is 0 Å². The number of thiophene rings is 1. The SMILES string of the molecule is CCCCCCCCCCC(NC)c1cc(Cl)sc1Cl. The van der Waals surface area contributed by atoms with Crippen molar-refractivity contribution < 1.29 is 0 Å². The summed E-state index contributed by atoms with van der Waals surface area (Å²) in [4.78, 5) is 0. The fourth-order valence-corrected chi connectivity index (χ4v) is 4.11. The van der Waals surface area contributed by atoms with Crippen molar-refractivity contribution in [3.8, 4) is 0 Å². The highest BCUT2D eigenvalue weighted by Gasteiger charge is 2.15. The van der Waals surface area contributed by atoms with Crippen LogP contribution in [0.2, 0.25) is 8.67 Å². The van der Waals surface area contributed by atoms with Crippen LogP contribution in [0.4, 0.5) is 0 Å². The average Bonchev–Trinajstić information content (AvgIpc) is 2.76. The third-order valence-corrected chi connectivity index (χ3v) is 5.27. The fraction of sp³-hybridized carbons (Fsp3) is 0.750. The summed E-state index contributed by atoms with van der Waals surface area (Å²) in [6.45, 7) is 2.26. The number of rotatable bonds is 11. The molecule has 1 N–H and O–H groups in total. The van der Waals surface area contributed by atoms with Crippen LogP contribution >= 0.6 is 34.5 Å².